The molecule has 0 aliphatic rings. The number of hydrogen-bond acceptors (Lipinski definition) is 5. The molecule has 0 fully saturated rings. The highest BCUT2D eigenvalue weighted by Gasteiger charge is 2.35. The van der Waals surface area contributed by atoms with Crippen molar-refractivity contribution in [3.8, 4) is 0 Å². The fourth-order valence-corrected chi connectivity index (χ4v) is 1.84. The summed E-state index contributed by atoms with van der Waals surface area (Å²) in [6.07, 6.45) is -4.81. The molecule has 0 heterocycles. The van der Waals surface area contributed by atoms with Crippen molar-refractivity contribution in [1.82, 2.24) is 0 Å². The van der Waals surface area contributed by atoms with Gasteiger partial charge in [0.1, 0.15) is 17.2 Å². The summed E-state index contributed by atoms with van der Waals surface area (Å²) in [5, 5.41) is 7.27. The predicted molar refractivity (Wildman–Crippen MR) is 86.8 cm³/mol. The number of esters is 1. The van der Waals surface area contributed by atoms with E-state index in [1.165, 1.54) is 0 Å². The summed E-state index contributed by atoms with van der Waals surface area (Å²) < 4.78 is 56.3. The number of hydrogen-bond donors (Lipinski definition) is 3. The number of ketones is 1. The lowest BCUT2D eigenvalue weighted by Gasteiger charge is -2.12. The van der Waals surface area contributed by atoms with E-state index in [9.17, 15) is 27.2 Å². The maximum absolute atomic E-state index is 13.8. The van der Waals surface area contributed by atoms with Gasteiger partial charge in [-0.05, 0) is 18.6 Å². The zero-order valence-corrected chi connectivity index (χ0v) is 13.0. The molecule has 0 spiro atoms. The van der Waals surface area contributed by atoms with Crippen LogP contribution in [0.1, 0.15) is 36.7 Å². The number of amidine groups is 1. The lowest BCUT2D eigenvalue weighted by atomic mass is 10.1. The average Bonchev–Trinajstić information content (AvgIpc) is 2.51. The van der Waals surface area contributed by atoms with Gasteiger partial charge in [-0.1, -0.05) is 20.4 Å². The Bertz CT molecular complexity index is 743. The van der Waals surface area contributed by atoms with Crippen LogP contribution in [-0.2, 0) is 15.7 Å². The number of allylic oxidation sites excluding steroid dienone is 1. The van der Waals surface area contributed by atoms with Crippen LogP contribution in [0.3, 0.4) is 0 Å². The van der Waals surface area contributed by atoms with Crippen molar-refractivity contribution in [2.75, 3.05) is 6.61 Å². The van der Waals surface area contributed by atoms with Gasteiger partial charge in [0.25, 0.3) is 0 Å². The van der Waals surface area contributed by atoms with Crippen LogP contribution in [0, 0.1) is 11.2 Å². The van der Waals surface area contributed by atoms with E-state index < -0.39 is 52.9 Å². The third kappa shape index (κ3) is 5.30. The van der Waals surface area contributed by atoms with Gasteiger partial charge < -0.3 is 16.2 Å². The second-order valence-electron chi connectivity index (χ2n) is 4.83. The molecule has 0 bridgehead atoms. The summed E-state index contributed by atoms with van der Waals surface area (Å²) in [6.45, 7) is 0.541. The molecule has 0 amide bonds. The van der Waals surface area contributed by atoms with Gasteiger partial charge in [0.05, 0.1) is 11.1 Å². The van der Waals surface area contributed by atoms with Crippen LogP contribution in [0.25, 0.3) is 0 Å². The molecule has 0 saturated heterocycles. The molecule has 0 unspecified atom stereocenters. The topological polar surface area (TPSA) is 119 Å². The molecule has 0 radical (unpaired) electrons. The number of Topliss-reactive ketones (excluding diaryl/α,β-unsaturated/α-hetero) is 1. The Balaban J connectivity index is 0.00000625. The van der Waals surface area contributed by atoms with Crippen molar-refractivity contribution < 1.29 is 31.9 Å². The van der Waals surface area contributed by atoms with E-state index in [1.807, 2.05) is 0 Å². The van der Waals surface area contributed by atoms with E-state index in [1.54, 1.807) is 6.92 Å². The first-order valence-corrected chi connectivity index (χ1v) is 6.89. The molecule has 5 N–H and O–H groups in total. The Kier molecular flexibility index (Phi) is 7.97. The molecule has 0 aliphatic carbocycles. The summed E-state index contributed by atoms with van der Waals surface area (Å²) in [7, 11) is 0. The second-order valence-corrected chi connectivity index (χ2v) is 4.83. The van der Waals surface area contributed by atoms with E-state index in [-0.39, 0.29) is 19.5 Å². The molecule has 10 heteroatoms. The highest BCUT2D eigenvalue weighted by Crippen LogP contribution is 2.32. The van der Waals surface area contributed by atoms with Gasteiger partial charge in [0, 0.05) is 5.70 Å². The molecule has 0 aliphatic heterocycles. The Morgan fingerprint density at radius 2 is 1.81 bits per heavy atom. The number of ether oxygens (including phenoxy) is 1. The molecule has 1 rings (SSSR count). The highest BCUT2D eigenvalue weighted by atomic mass is 19.4. The minimum atomic E-state index is -4.98. The molecule has 1 aromatic rings. The predicted octanol–water partition coefficient (Wildman–Crippen LogP) is 2.77. The smallest absolute Gasteiger partial charge is 0.419 e. The molecular weight excluding hydrogens is 358 g/mol. The molecule has 144 valence electrons. The average molecular weight is 377 g/mol. The standard InChI is InChI=1S/C15H15F4N3O3.CH4/c1-2-9(20)11(13(21)22)14(24)25-6-10(23)7-4-3-5-8(12(7)16)15(17,18)19;/h3-5H,2,6,20H2,1H3,(H3,21,22);1H4. The number of carbonyl (C=O) groups excluding carboxylic acids is 2. The molecule has 26 heavy (non-hydrogen) atoms. The molecule has 0 aromatic heterocycles. The van der Waals surface area contributed by atoms with Crippen LogP contribution >= 0.6 is 0 Å². The van der Waals surface area contributed by atoms with Gasteiger partial charge >= 0.3 is 12.1 Å². The Labute approximate surface area is 147 Å². The summed E-state index contributed by atoms with van der Waals surface area (Å²) in [6, 6.07) is 2.18. The maximum Gasteiger partial charge on any atom is 0.419 e. The van der Waals surface area contributed by atoms with Gasteiger partial charge in [-0.2, -0.15) is 13.2 Å². The largest absolute Gasteiger partial charge is 0.454 e. The van der Waals surface area contributed by atoms with Crippen molar-refractivity contribution in [2.45, 2.75) is 26.9 Å². The minimum Gasteiger partial charge on any atom is -0.454 e. The van der Waals surface area contributed by atoms with Gasteiger partial charge in [-0.15, -0.1) is 0 Å². The molecule has 0 atom stereocenters. The second kappa shape index (κ2) is 8.97. The fraction of sp³-hybridized carbons (Fsp3) is 0.312. The van der Waals surface area contributed by atoms with E-state index >= 15 is 0 Å². The Morgan fingerprint density at radius 3 is 2.27 bits per heavy atom. The van der Waals surface area contributed by atoms with E-state index in [2.05, 4.69) is 4.74 Å². The first kappa shape index (κ1) is 23.1. The number of nitrogens with two attached hydrogens (primary N) is 2. The number of carbonyl (C=O) groups is 2. The number of benzene rings is 1. The molecular formula is C16H19F4N3O3. The van der Waals surface area contributed by atoms with Crippen LogP contribution in [0.2, 0.25) is 0 Å². The van der Waals surface area contributed by atoms with E-state index in [4.69, 9.17) is 16.9 Å². The Morgan fingerprint density at radius 1 is 1.23 bits per heavy atom. The fourth-order valence-electron chi connectivity index (χ4n) is 1.84. The first-order valence-electron chi connectivity index (χ1n) is 6.89. The van der Waals surface area contributed by atoms with Crippen LogP contribution in [0.15, 0.2) is 29.5 Å². The number of nitrogens with one attached hydrogen (secondary N) is 1. The van der Waals surface area contributed by atoms with Crippen molar-refractivity contribution in [3.63, 3.8) is 0 Å². The summed E-state index contributed by atoms with van der Waals surface area (Å²) >= 11 is 0. The monoisotopic (exact) mass is 377 g/mol. The van der Waals surface area contributed by atoms with Gasteiger partial charge in [0.15, 0.2) is 6.61 Å². The zero-order chi connectivity index (χ0) is 19.4. The van der Waals surface area contributed by atoms with Crippen LogP contribution < -0.4 is 11.5 Å². The highest BCUT2D eigenvalue weighted by molar-refractivity contribution is 6.17. The summed E-state index contributed by atoms with van der Waals surface area (Å²) in [5.41, 5.74) is 7.71. The first-order chi connectivity index (χ1) is 11.5. The van der Waals surface area contributed by atoms with Crippen molar-refractivity contribution >= 4 is 17.6 Å². The van der Waals surface area contributed by atoms with Crippen molar-refractivity contribution in [1.29, 1.82) is 5.41 Å². The molecule has 6 nitrogen and oxygen atoms in total. The maximum atomic E-state index is 13.8. The normalized spacial score (nSPS) is 11.9. The lowest BCUT2D eigenvalue weighted by molar-refractivity contribution is -0.140. The zero-order valence-electron chi connectivity index (χ0n) is 13.0. The Hall–Kier alpha value is -2.91. The quantitative estimate of drug-likeness (QED) is 0.176. The SMILES string of the molecule is C.CCC(N)=C(C(=N)N)C(=O)OCC(=O)c1cccc(C(F)(F)F)c1F. The van der Waals surface area contributed by atoms with Crippen LogP contribution in [0.4, 0.5) is 17.6 Å². The van der Waals surface area contributed by atoms with E-state index in [0.29, 0.717) is 6.07 Å². The third-order valence-electron chi connectivity index (χ3n) is 3.11. The third-order valence-corrected chi connectivity index (χ3v) is 3.11. The lowest BCUT2D eigenvalue weighted by Crippen LogP contribution is -2.27. The van der Waals surface area contributed by atoms with E-state index in [0.717, 1.165) is 12.1 Å². The van der Waals surface area contributed by atoms with Gasteiger partial charge in [0.2, 0.25) is 5.78 Å². The van der Waals surface area contributed by atoms with Gasteiger partial charge in [-0.3, -0.25) is 10.2 Å². The van der Waals surface area contributed by atoms with Crippen LogP contribution in [-0.4, -0.2) is 24.2 Å². The number of alkyl halides is 3. The number of rotatable bonds is 6. The minimum absolute atomic E-state index is 0. The summed E-state index contributed by atoms with van der Waals surface area (Å²) in [5.74, 6) is -4.84. The van der Waals surface area contributed by atoms with Crippen molar-refractivity contribution in [3.05, 3.63) is 46.4 Å². The number of halogens is 4. The van der Waals surface area contributed by atoms with Gasteiger partial charge in [-0.25, -0.2) is 9.18 Å². The van der Waals surface area contributed by atoms with Crippen LogP contribution in [0.5, 0.6) is 0 Å². The molecule has 1 aromatic carbocycles. The molecule has 0 saturated carbocycles. The summed E-state index contributed by atoms with van der Waals surface area (Å²) in [4.78, 5) is 23.7. The van der Waals surface area contributed by atoms with Crippen molar-refractivity contribution in [2.24, 2.45) is 11.5 Å².